The van der Waals surface area contributed by atoms with Crippen LogP contribution in [0, 0.1) is 70.0 Å². The molecule has 0 radical (unpaired) electrons. The first-order valence-electron chi connectivity index (χ1n) is 14.7. The Hall–Kier alpha value is -2.03. The van der Waals surface area contributed by atoms with Gasteiger partial charge in [-0.2, -0.15) is 0 Å². The molecule has 14 atom stereocenters. The molecule has 0 heterocycles. The van der Waals surface area contributed by atoms with E-state index in [9.17, 15) is 4.79 Å². The number of rotatable bonds is 2. The largest absolute Gasteiger partial charge is 0.496 e. The van der Waals surface area contributed by atoms with Gasteiger partial charge in [0.1, 0.15) is 17.3 Å². The molecular formula is C33H36O3. The molecule has 36 heavy (non-hydrogen) atoms. The summed E-state index contributed by atoms with van der Waals surface area (Å²) >= 11 is 0. The zero-order valence-electron chi connectivity index (χ0n) is 21.8. The number of methoxy groups -OCH3 is 2. The lowest BCUT2D eigenvalue weighted by Crippen LogP contribution is -2.81. The Balaban J connectivity index is 1.15. The molecule has 8 aliphatic carbocycles. The smallest absolute Gasteiger partial charge is 0.139 e. The van der Waals surface area contributed by atoms with E-state index in [1.807, 2.05) is 14.2 Å². The minimum Gasteiger partial charge on any atom is -0.496 e. The molecule has 7 fully saturated rings. The van der Waals surface area contributed by atoms with Crippen LogP contribution in [0.25, 0.3) is 10.8 Å². The van der Waals surface area contributed by atoms with E-state index < -0.39 is 0 Å². The van der Waals surface area contributed by atoms with E-state index in [1.165, 1.54) is 47.6 Å². The van der Waals surface area contributed by atoms with Crippen molar-refractivity contribution in [1.82, 2.24) is 0 Å². The highest BCUT2D eigenvalue weighted by Gasteiger charge is 2.91. The van der Waals surface area contributed by atoms with Crippen molar-refractivity contribution in [2.45, 2.75) is 51.4 Å². The van der Waals surface area contributed by atoms with Crippen LogP contribution in [0.4, 0.5) is 0 Å². The highest BCUT2D eigenvalue weighted by Crippen LogP contribution is 2.96. The van der Waals surface area contributed by atoms with E-state index >= 15 is 0 Å². The van der Waals surface area contributed by atoms with E-state index in [-0.39, 0.29) is 0 Å². The summed E-state index contributed by atoms with van der Waals surface area (Å²) in [7, 11) is 3.73. The molecule has 10 rings (SSSR count). The Morgan fingerprint density at radius 1 is 0.694 bits per heavy atom. The number of carbonyl (C=O) groups excluding carboxylic acids is 1. The molecule has 8 aliphatic rings. The first kappa shape index (κ1) is 20.0. The monoisotopic (exact) mass is 480 g/mol. The highest BCUT2D eigenvalue weighted by molar-refractivity contribution is 5.97. The van der Waals surface area contributed by atoms with Crippen molar-refractivity contribution in [3.05, 3.63) is 35.4 Å². The summed E-state index contributed by atoms with van der Waals surface area (Å²) in [6, 6.07) is 8.70. The summed E-state index contributed by atoms with van der Waals surface area (Å²) in [4.78, 5) is 13.2. The standard InChI is InChI=1S/C33H36O3/c1-32-25-17-11-18(22-16-10-9-15(21(17)22)29(16)34)26(25)33(32,2)28-20-12-19(27(28)32)23-24(20)31(36-4)14-8-6-5-7-13(14)30(23)35-3/h5-8,15-22,25-28H,9-12H2,1-4H3/t15-,16+,17+,18-,19-,20+,21-,22+,25+,26-,27-,28+,32+,33-. The van der Waals surface area contributed by atoms with Gasteiger partial charge in [-0.25, -0.2) is 0 Å². The predicted molar refractivity (Wildman–Crippen MR) is 137 cm³/mol. The zero-order chi connectivity index (χ0) is 24.0. The molecule has 186 valence electrons. The van der Waals surface area contributed by atoms with Crippen LogP contribution in [0.5, 0.6) is 11.5 Å². The molecular weight excluding hydrogens is 444 g/mol. The van der Waals surface area contributed by atoms with Crippen LogP contribution in [0.1, 0.15) is 62.5 Å². The molecule has 0 aromatic heterocycles. The number of Topliss-reactive ketones (excluding diaryl/α,β-unsaturated/α-hetero) is 1. The van der Waals surface area contributed by atoms with Crippen LogP contribution in [-0.4, -0.2) is 20.0 Å². The number of hydrogen-bond donors (Lipinski definition) is 0. The van der Waals surface area contributed by atoms with E-state index in [4.69, 9.17) is 9.47 Å². The molecule has 3 nitrogen and oxygen atoms in total. The molecule has 3 heteroatoms. The lowest BCUT2D eigenvalue weighted by atomic mass is 9.19. The third-order valence-corrected chi connectivity index (χ3v) is 14.8. The van der Waals surface area contributed by atoms with Crippen molar-refractivity contribution in [2.75, 3.05) is 14.2 Å². The van der Waals surface area contributed by atoms with Gasteiger partial charge in [0.25, 0.3) is 0 Å². The predicted octanol–water partition coefficient (Wildman–Crippen LogP) is 6.44. The first-order valence-corrected chi connectivity index (χ1v) is 14.7. The molecule has 0 aliphatic heterocycles. The summed E-state index contributed by atoms with van der Waals surface area (Å²) in [6.45, 7) is 5.40. The third-order valence-electron chi connectivity index (χ3n) is 14.8. The number of fused-ring (bicyclic) bond motifs is 26. The van der Waals surface area contributed by atoms with Gasteiger partial charge in [0.2, 0.25) is 0 Å². The fourth-order valence-electron chi connectivity index (χ4n) is 14.5. The fourth-order valence-corrected chi connectivity index (χ4v) is 14.5. The molecule has 0 unspecified atom stereocenters. The van der Waals surface area contributed by atoms with Crippen LogP contribution < -0.4 is 9.47 Å². The van der Waals surface area contributed by atoms with E-state index in [0.29, 0.717) is 40.3 Å². The van der Waals surface area contributed by atoms with Crippen LogP contribution in [0.15, 0.2) is 24.3 Å². The fraction of sp³-hybridized carbons (Fsp3) is 0.667. The average molecular weight is 481 g/mol. The number of ketones is 1. The summed E-state index contributed by atoms with van der Waals surface area (Å²) in [5.74, 6) is 11.4. The molecule has 0 N–H and O–H groups in total. The molecule has 0 amide bonds. The Bertz CT molecular complexity index is 1320. The topological polar surface area (TPSA) is 35.5 Å². The minimum atomic E-state index is 0.429. The average Bonchev–Trinajstić information content (AvgIpc) is 3.73. The molecule has 6 bridgehead atoms. The first-order chi connectivity index (χ1) is 17.5. The third kappa shape index (κ3) is 1.59. The van der Waals surface area contributed by atoms with Gasteiger partial charge < -0.3 is 9.47 Å². The van der Waals surface area contributed by atoms with E-state index in [2.05, 4.69) is 38.1 Å². The molecule has 0 spiro atoms. The molecule has 2 aromatic rings. The SMILES string of the molecule is COc1c2c(c(OC)c3ccccc13)[C@@H]1C[C@H]2[C@@H]2[C@H]1[C@@]1(C)[C@@H]3[C@@H]4C[C@@H]([C@@H]5[C@H]4[C@@H]4CC[C@H]5C4=O)[C@@H]3[C@@]21C. The second-order valence-electron chi connectivity index (χ2n) is 14.5. The Morgan fingerprint density at radius 2 is 1.17 bits per heavy atom. The maximum atomic E-state index is 13.2. The summed E-state index contributed by atoms with van der Waals surface area (Å²) in [5.41, 5.74) is 3.83. The quantitative estimate of drug-likeness (QED) is 0.367. The second-order valence-corrected chi connectivity index (χ2v) is 14.5. The van der Waals surface area contributed by atoms with Gasteiger partial charge in [-0.05, 0) is 95.7 Å². The Morgan fingerprint density at radius 3 is 1.61 bits per heavy atom. The molecule has 0 saturated heterocycles. The van der Waals surface area contributed by atoms with Crippen LogP contribution in [-0.2, 0) is 4.79 Å². The zero-order valence-corrected chi connectivity index (χ0v) is 21.8. The van der Waals surface area contributed by atoms with Gasteiger partial charge in [0.05, 0.1) is 14.2 Å². The maximum absolute atomic E-state index is 13.2. The van der Waals surface area contributed by atoms with Crippen LogP contribution >= 0.6 is 0 Å². The Labute approximate surface area is 213 Å². The van der Waals surface area contributed by atoms with Crippen molar-refractivity contribution in [3.8, 4) is 11.5 Å². The molecule has 7 saturated carbocycles. The van der Waals surface area contributed by atoms with Crippen molar-refractivity contribution in [1.29, 1.82) is 0 Å². The summed E-state index contributed by atoms with van der Waals surface area (Å²) < 4.78 is 12.4. The minimum absolute atomic E-state index is 0.429. The van der Waals surface area contributed by atoms with Gasteiger partial charge in [0.15, 0.2) is 0 Å². The number of carbonyl (C=O) groups is 1. The van der Waals surface area contributed by atoms with Crippen LogP contribution in [0.2, 0.25) is 0 Å². The molecule has 2 aromatic carbocycles. The van der Waals surface area contributed by atoms with Gasteiger partial charge in [-0.1, -0.05) is 38.1 Å². The van der Waals surface area contributed by atoms with Gasteiger partial charge in [0, 0.05) is 33.7 Å². The normalized spacial score (nSPS) is 55.1. The number of hydrogen-bond acceptors (Lipinski definition) is 3. The van der Waals surface area contributed by atoms with Crippen molar-refractivity contribution < 1.29 is 14.3 Å². The van der Waals surface area contributed by atoms with Gasteiger partial charge in [-0.15, -0.1) is 0 Å². The highest BCUT2D eigenvalue weighted by atomic mass is 16.5. The number of benzene rings is 2. The lowest BCUT2D eigenvalue weighted by Gasteiger charge is -2.85. The van der Waals surface area contributed by atoms with Crippen molar-refractivity contribution >= 4 is 16.6 Å². The van der Waals surface area contributed by atoms with Crippen molar-refractivity contribution in [2.24, 2.45) is 70.0 Å². The summed E-state index contributed by atoms with van der Waals surface area (Å²) in [6.07, 6.45) is 5.12. The maximum Gasteiger partial charge on any atom is 0.139 e. The van der Waals surface area contributed by atoms with Crippen LogP contribution in [0.3, 0.4) is 0 Å². The van der Waals surface area contributed by atoms with Crippen molar-refractivity contribution in [3.63, 3.8) is 0 Å². The van der Waals surface area contributed by atoms with E-state index in [0.717, 1.165) is 58.8 Å². The number of ether oxygens (including phenoxy) is 2. The van der Waals surface area contributed by atoms with E-state index in [1.54, 1.807) is 0 Å². The Kier molecular flexibility index (Phi) is 3.16. The summed E-state index contributed by atoms with van der Waals surface area (Å²) in [5, 5.41) is 2.42. The van der Waals surface area contributed by atoms with Gasteiger partial charge >= 0.3 is 0 Å². The second kappa shape index (κ2) is 5.69. The van der Waals surface area contributed by atoms with Gasteiger partial charge in [-0.3, -0.25) is 4.79 Å². The lowest BCUT2D eigenvalue weighted by molar-refractivity contribution is -0.371.